The van der Waals surface area contributed by atoms with Crippen LogP contribution in [0.4, 0.5) is 17.2 Å². The molecule has 2 aromatic carbocycles. The summed E-state index contributed by atoms with van der Waals surface area (Å²) in [5, 5.41) is 5.94. The van der Waals surface area contributed by atoms with Crippen LogP contribution in [0.5, 0.6) is 0 Å². The summed E-state index contributed by atoms with van der Waals surface area (Å²) in [5.41, 5.74) is 2.96. The monoisotopic (exact) mass is 382 g/mol. The zero-order valence-corrected chi connectivity index (χ0v) is 14.5. The number of hydrogen-bond donors (Lipinski definition) is 2. The van der Waals surface area contributed by atoms with Gasteiger partial charge in [0.15, 0.2) is 0 Å². The van der Waals surface area contributed by atoms with E-state index in [0.717, 1.165) is 15.7 Å². The molecule has 0 spiro atoms. The maximum Gasteiger partial charge on any atom is 0.275 e. The predicted molar refractivity (Wildman–Crippen MR) is 98.6 cm³/mol. The number of hydrogen-bond acceptors (Lipinski definition) is 4. The van der Waals surface area contributed by atoms with E-state index in [2.05, 4.69) is 36.5 Å². The number of nitrogens with one attached hydrogen (secondary N) is 2. The van der Waals surface area contributed by atoms with Crippen molar-refractivity contribution in [2.45, 2.75) is 6.92 Å². The van der Waals surface area contributed by atoms with Gasteiger partial charge in [-0.05, 0) is 52.7 Å². The summed E-state index contributed by atoms with van der Waals surface area (Å²) in [4.78, 5) is 20.7. The fourth-order valence-corrected chi connectivity index (χ4v) is 2.68. The van der Waals surface area contributed by atoms with Gasteiger partial charge < -0.3 is 10.6 Å². The lowest BCUT2D eigenvalue weighted by Gasteiger charge is -2.08. The Kier molecular flexibility index (Phi) is 4.86. The van der Waals surface area contributed by atoms with Crippen molar-refractivity contribution in [3.63, 3.8) is 0 Å². The number of benzene rings is 2. The average molecular weight is 383 g/mol. The summed E-state index contributed by atoms with van der Waals surface area (Å²) in [5.74, 6) is 0.271. The molecule has 1 heterocycles. The van der Waals surface area contributed by atoms with Crippen LogP contribution in [0.3, 0.4) is 0 Å². The van der Waals surface area contributed by atoms with Gasteiger partial charge in [-0.2, -0.15) is 0 Å². The SMILES string of the molecule is Cc1ccc(NC(=O)c2cnc(Nc3ccccc3)cn2)c(Br)c1. The molecule has 0 aliphatic carbocycles. The summed E-state index contributed by atoms with van der Waals surface area (Å²) in [6.45, 7) is 1.99. The van der Waals surface area contributed by atoms with Crippen LogP contribution >= 0.6 is 15.9 Å². The van der Waals surface area contributed by atoms with E-state index in [9.17, 15) is 4.79 Å². The van der Waals surface area contributed by atoms with Crippen LogP contribution in [0, 0.1) is 6.92 Å². The minimum atomic E-state index is -0.307. The van der Waals surface area contributed by atoms with Gasteiger partial charge in [0.05, 0.1) is 18.1 Å². The molecule has 0 radical (unpaired) electrons. The number of aryl methyl sites for hydroxylation is 1. The first-order valence-corrected chi connectivity index (χ1v) is 8.13. The normalized spacial score (nSPS) is 10.2. The van der Waals surface area contributed by atoms with E-state index in [4.69, 9.17) is 0 Å². The number of rotatable bonds is 4. The van der Waals surface area contributed by atoms with E-state index >= 15 is 0 Å². The number of carbonyl (C=O) groups is 1. The van der Waals surface area contributed by atoms with Crippen molar-refractivity contribution < 1.29 is 4.79 Å². The number of anilines is 3. The van der Waals surface area contributed by atoms with Crippen molar-refractivity contribution in [3.05, 3.63) is 76.7 Å². The Morgan fingerprint density at radius 1 is 1.04 bits per heavy atom. The van der Waals surface area contributed by atoms with Crippen molar-refractivity contribution in [1.82, 2.24) is 9.97 Å². The zero-order valence-electron chi connectivity index (χ0n) is 13.0. The second-order valence-electron chi connectivity index (χ2n) is 5.22. The van der Waals surface area contributed by atoms with E-state index in [1.807, 2.05) is 55.5 Å². The van der Waals surface area contributed by atoms with Gasteiger partial charge in [0.25, 0.3) is 5.91 Å². The largest absolute Gasteiger partial charge is 0.339 e. The van der Waals surface area contributed by atoms with E-state index in [1.165, 1.54) is 12.4 Å². The van der Waals surface area contributed by atoms with Crippen molar-refractivity contribution in [2.24, 2.45) is 0 Å². The highest BCUT2D eigenvalue weighted by Gasteiger charge is 2.10. The molecule has 0 saturated heterocycles. The lowest BCUT2D eigenvalue weighted by Crippen LogP contribution is -2.14. The molecular formula is C18H15BrN4O. The van der Waals surface area contributed by atoms with Crippen LogP contribution in [-0.4, -0.2) is 15.9 Å². The van der Waals surface area contributed by atoms with Crippen LogP contribution < -0.4 is 10.6 Å². The molecule has 0 aliphatic heterocycles. The molecule has 0 unspecified atom stereocenters. The number of carbonyl (C=O) groups excluding carboxylic acids is 1. The first kappa shape index (κ1) is 16.1. The predicted octanol–water partition coefficient (Wildman–Crippen LogP) is 4.54. The van der Waals surface area contributed by atoms with Crippen LogP contribution in [0.15, 0.2) is 65.4 Å². The van der Waals surface area contributed by atoms with Crippen molar-refractivity contribution in [3.8, 4) is 0 Å². The Balaban J connectivity index is 1.69. The van der Waals surface area contributed by atoms with Crippen LogP contribution in [-0.2, 0) is 0 Å². The number of amides is 1. The van der Waals surface area contributed by atoms with Gasteiger partial charge >= 0.3 is 0 Å². The van der Waals surface area contributed by atoms with Crippen LogP contribution in [0.25, 0.3) is 0 Å². The molecule has 0 aliphatic rings. The van der Waals surface area contributed by atoms with E-state index in [-0.39, 0.29) is 11.6 Å². The lowest BCUT2D eigenvalue weighted by atomic mass is 10.2. The van der Waals surface area contributed by atoms with Crippen molar-refractivity contribution in [1.29, 1.82) is 0 Å². The fourth-order valence-electron chi connectivity index (χ4n) is 2.09. The lowest BCUT2D eigenvalue weighted by molar-refractivity contribution is 0.102. The third-order valence-corrected chi connectivity index (χ3v) is 3.96. The van der Waals surface area contributed by atoms with Gasteiger partial charge in [0.2, 0.25) is 0 Å². The summed E-state index contributed by atoms with van der Waals surface area (Å²) in [7, 11) is 0. The number of para-hydroxylation sites is 1. The van der Waals surface area contributed by atoms with Crippen molar-refractivity contribution in [2.75, 3.05) is 10.6 Å². The van der Waals surface area contributed by atoms with E-state index in [1.54, 1.807) is 0 Å². The van der Waals surface area contributed by atoms with Gasteiger partial charge in [0.1, 0.15) is 11.5 Å². The Labute approximate surface area is 148 Å². The first-order chi connectivity index (χ1) is 11.6. The van der Waals surface area contributed by atoms with Crippen LogP contribution in [0.2, 0.25) is 0 Å². The highest BCUT2D eigenvalue weighted by molar-refractivity contribution is 9.10. The van der Waals surface area contributed by atoms with Gasteiger partial charge in [-0.1, -0.05) is 24.3 Å². The fraction of sp³-hybridized carbons (Fsp3) is 0.0556. The average Bonchev–Trinajstić information content (AvgIpc) is 2.59. The number of nitrogens with zero attached hydrogens (tertiary/aromatic N) is 2. The molecule has 0 saturated carbocycles. The third kappa shape index (κ3) is 3.97. The molecule has 0 fully saturated rings. The summed E-state index contributed by atoms with van der Waals surface area (Å²) >= 11 is 3.44. The maximum absolute atomic E-state index is 12.3. The minimum Gasteiger partial charge on any atom is -0.339 e. The van der Waals surface area contributed by atoms with Gasteiger partial charge in [-0.3, -0.25) is 4.79 Å². The van der Waals surface area contributed by atoms with Gasteiger partial charge in [0, 0.05) is 10.2 Å². The molecule has 5 nitrogen and oxygen atoms in total. The zero-order chi connectivity index (χ0) is 16.9. The maximum atomic E-state index is 12.3. The highest BCUT2D eigenvalue weighted by Crippen LogP contribution is 2.23. The van der Waals surface area contributed by atoms with Crippen molar-refractivity contribution >= 4 is 39.0 Å². The minimum absolute atomic E-state index is 0.251. The Bertz CT molecular complexity index is 851. The van der Waals surface area contributed by atoms with Crippen LogP contribution in [0.1, 0.15) is 16.1 Å². The van der Waals surface area contributed by atoms with E-state index in [0.29, 0.717) is 11.5 Å². The molecule has 0 bridgehead atoms. The molecule has 0 atom stereocenters. The van der Waals surface area contributed by atoms with Gasteiger partial charge in [-0.15, -0.1) is 0 Å². The molecule has 6 heteroatoms. The molecular weight excluding hydrogens is 368 g/mol. The first-order valence-electron chi connectivity index (χ1n) is 7.33. The molecule has 1 amide bonds. The Morgan fingerprint density at radius 2 is 1.83 bits per heavy atom. The molecule has 120 valence electrons. The quantitative estimate of drug-likeness (QED) is 0.694. The van der Waals surface area contributed by atoms with E-state index < -0.39 is 0 Å². The third-order valence-electron chi connectivity index (χ3n) is 3.30. The smallest absolute Gasteiger partial charge is 0.275 e. The summed E-state index contributed by atoms with van der Waals surface area (Å²) < 4.78 is 0.825. The molecule has 24 heavy (non-hydrogen) atoms. The molecule has 2 N–H and O–H groups in total. The highest BCUT2D eigenvalue weighted by atomic mass is 79.9. The standard InChI is InChI=1S/C18H15BrN4O/c1-12-7-8-15(14(19)9-12)23-18(24)16-10-21-17(11-20-16)22-13-5-3-2-4-6-13/h2-11H,1H3,(H,21,22)(H,23,24). The number of halogens is 1. The topological polar surface area (TPSA) is 66.9 Å². The summed E-state index contributed by atoms with van der Waals surface area (Å²) in [6.07, 6.45) is 2.98. The van der Waals surface area contributed by atoms with Gasteiger partial charge in [-0.25, -0.2) is 9.97 Å². The second kappa shape index (κ2) is 7.23. The Hall–Kier alpha value is -2.73. The second-order valence-corrected chi connectivity index (χ2v) is 6.07. The summed E-state index contributed by atoms with van der Waals surface area (Å²) in [6, 6.07) is 15.4. The molecule has 1 aromatic heterocycles. The number of aromatic nitrogens is 2. The Morgan fingerprint density at radius 3 is 2.50 bits per heavy atom. The molecule has 3 rings (SSSR count). The molecule has 3 aromatic rings.